The number of ketones is 1. The number of hydrogen-bond donors (Lipinski definition) is 1. The van der Waals surface area contributed by atoms with Crippen molar-refractivity contribution in [3.8, 4) is 0 Å². The Morgan fingerprint density at radius 1 is 1.00 bits per heavy atom. The fourth-order valence-electron chi connectivity index (χ4n) is 4.25. The van der Waals surface area contributed by atoms with Gasteiger partial charge in [-0.2, -0.15) is 0 Å². The highest BCUT2D eigenvalue weighted by atomic mass is 16.3. The molecule has 0 aromatic heterocycles. The Morgan fingerprint density at radius 3 is 2.29 bits per heavy atom. The minimum absolute atomic E-state index is 0.0563. The van der Waals surface area contributed by atoms with Crippen LogP contribution in [0.3, 0.4) is 0 Å². The second-order valence-electron chi connectivity index (χ2n) is 6.55. The lowest BCUT2D eigenvalue weighted by molar-refractivity contribution is -0.200. The van der Waals surface area contributed by atoms with E-state index < -0.39 is 11.1 Å². The Kier molecular flexibility index (Phi) is 2.98. The van der Waals surface area contributed by atoms with Crippen molar-refractivity contribution < 1.29 is 14.7 Å². The molecule has 1 aliphatic carbocycles. The minimum Gasteiger partial charge on any atom is -0.365 e. The standard InChI is InChI=1S/C19H18N2O3/c1-20(2)21-16(22)12-18(13-8-4-3-5-9-13)17(23)14-10-6-7-11-15(14)19(18,21)24/h3-11,24H,12H2,1-2H3/t18-,19-/m0/s1. The number of nitrogens with zero attached hydrogens (tertiary/aromatic N) is 2. The smallest absolute Gasteiger partial charge is 0.241 e. The molecule has 4 rings (SSSR count). The number of benzene rings is 2. The highest BCUT2D eigenvalue weighted by molar-refractivity contribution is 6.14. The van der Waals surface area contributed by atoms with E-state index in [1.54, 1.807) is 55.5 Å². The molecule has 0 bridgehead atoms. The van der Waals surface area contributed by atoms with E-state index in [1.165, 1.54) is 5.01 Å². The van der Waals surface area contributed by atoms with Gasteiger partial charge in [-0.25, -0.2) is 10.0 Å². The van der Waals surface area contributed by atoms with Gasteiger partial charge in [-0.05, 0) is 5.56 Å². The quantitative estimate of drug-likeness (QED) is 0.914. The molecule has 1 N–H and O–H groups in total. The largest absolute Gasteiger partial charge is 0.365 e. The zero-order chi connectivity index (χ0) is 17.1. The van der Waals surface area contributed by atoms with Crippen LogP contribution in [0.5, 0.6) is 0 Å². The molecule has 0 spiro atoms. The number of hydrazine groups is 1. The van der Waals surface area contributed by atoms with Crippen LogP contribution >= 0.6 is 0 Å². The van der Waals surface area contributed by atoms with Crippen LogP contribution in [0.4, 0.5) is 0 Å². The van der Waals surface area contributed by atoms with Crippen LogP contribution in [0, 0.1) is 0 Å². The summed E-state index contributed by atoms with van der Waals surface area (Å²) in [6.07, 6.45) is -0.0563. The van der Waals surface area contributed by atoms with E-state index in [0.717, 1.165) is 0 Å². The molecule has 2 aliphatic rings. The first-order valence-corrected chi connectivity index (χ1v) is 7.87. The molecule has 1 aliphatic heterocycles. The molecule has 0 radical (unpaired) electrons. The molecular formula is C19H18N2O3. The van der Waals surface area contributed by atoms with Gasteiger partial charge >= 0.3 is 0 Å². The summed E-state index contributed by atoms with van der Waals surface area (Å²) < 4.78 is 0. The third-order valence-corrected chi connectivity index (χ3v) is 5.16. The summed E-state index contributed by atoms with van der Waals surface area (Å²) >= 11 is 0. The summed E-state index contributed by atoms with van der Waals surface area (Å²) in [6.45, 7) is 0. The van der Waals surface area contributed by atoms with Crippen molar-refractivity contribution in [2.75, 3.05) is 14.1 Å². The summed E-state index contributed by atoms with van der Waals surface area (Å²) in [5.41, 5.74) is -1.42. The summed E-state index contributed by atoms with van der Waals surface area (Å²) in [6, 6.07) is 16.1. The van der Waals surface area contributed by atoms with Gasteiger partial charge in [0.25, 0.3) is 0 Å². The first-order chi connectivity index (χ1) is 11.4. The van der Waals surface area contributed by atoms with Crippen molar-refractivity contribution in [1.29, 1.82) is 0 Å². The Labute approximate surface area is 140 Å². The van der Waals surface area contributed by atoms with Crippen LogP contribution in [0.15, 0.2) is 54.6 Å². The summed E-state index contributed by atoms with van der Waals surface area (Å²) in [5.74, 6) is -0.473. The van der Waals surface area contributed by atoms with Crippen molar-refractivity contribution in [2.45, 2.75) is 17.6 Å². The van der Waals surface area contributed by atoms with E-state index in [-0.39, 0.29) is 18.1 Å². The average molecular weight is 322 g/mol. The summed E-state index contributed by atoms with van der Waals surface area (Å²) in [5, 5.41) is 14.7. The highest BCUT2D eigenvalue weighted by Crippen LogP contribution is 2.59. The SMILES string of the molecule is CN(C)N1C(=O)C[C@]2(c3ccccc3)C(=O)c3ccccc3[C@@]12O. The second kappa shape index (κ2) is 4.75. The molecule has 2 aromatic carbocycles. The number of carbonyl (C=O) groups is 2. The molecule has 24 heavy (non-hydrogen) atoms. The molecule has 5 heteroatoms. The van der Waals surface area contributed by atoms with Crippen molar-refractivity contribution in [3.63, 3.8) is 0 Å². The minimum atomic E-state index is -1.72. The summed E-state index contributed by atoms with van der Waals surface area (Å²) in [4.78, 5) is 26.1. The molecule has 1 fully saturated rings. The van der Waals surface area contributed by atoms with E-state index in [2.05, 4.69) is 0 Å². The molecule has 0 unspecified atom stereocenters. The van der Waals surface area contributed by atoms with Gasteiger partial charge in [0, 0.05) is 25.2 Å². The van der Waals surface area contributed by atoms with Crippen LogP contribution in [-0.4, -0.2) is 40.9 Å². The molecular weight excluding hydrogens is 304 g/mol. The Morgan fingerprint density at radius 2 is 1.62 bits per heavy atom. The molecule has 1 saturated heterocycles. The van der Waals surface area contributed by atoms with Crippen LogP contribution in [-0.2, 0) is 15.9 Å². The number of Topliss-reactive ketones (excluding diaryl/α,β-unsaturated/α-hetero) is 1. The van der Waals surface area contributed by atoms with Gasteiger partial charge in [-0.1, -0.05) is 54.6 Å². The van der Waals surface area contributed by atoms with Crippen LogP contribution < -0.4 is 0 Å². The van der Waals surface area contributed by atoms with Crippen molar-refractivity contribution in [2.24, 2.45) is 0 Å². The van der Waals surface area contributed by atoms with E-state index >= 15 is 0 Å². The fraction of sp³-hybridized carbons (Fsp3) is 0.263. The van der Waals surface area contributed by atoms with Crippen molar-refractivity contribution in [1.82, 2.24) is 10.0 Å². The Hall–Kier alpha value is -2.50. The number of carbonyl (C=O) groups excluding carboxylic acids is 2. The maximum Gasteiger partial charge on any atom is 0.241 e. The molecule has 1 heterocycles. The van der Waals surface area contributed by atoms with Gasteiger partial charge < -0.3 is 5.11 Å². The van der Waals surface area contributed by atoms with E-state index in [4.69, 9.17) is 0 Å². The van der Waals surface area contributed by atoms with Gasteiger partial charge in [0.1, 0.15) is 5.41 Å². The van der Waals surface area contributed by atoms with Gasteiger partial charge in [0.05, 0.1) is 6.42 Å². The second-order valence-corrected chi connectivity index (χ2v) is 6.55. The van der Waals surface area contributed by atoms with E-state index in [9.17, 15) is 14.7 Å². The van der Waals surface area contributed by atoms with Gasteiger partial charge in [0.2, 0.25) is 5.91 Å². The lowest BCUT2D eigenvalue weighted by Gasteiger charge is -2.42. The molecule has 0 saturated carbocycles. The Bertz CT molecular complexity index is 849. The zero-order valence-corrected chi connectivity index (χ0v) is 13.6. The van der Waals surface area contributed by atoms with Gasteiger partial charge in [0.15, 0.2) is 11.5 Å². The molecule has 1 amide bonds. The monoisotopic (exact) mass is 322 g/mol. The van der Waals surface area contributed by atoms with Gasteiger partial charge in [-0.15, -0.1) is 0 Å². The predicted molar refractivity (Wildman–Crippen MR) is 87.9 cm³/mol. The number of hydrogen-bond acceptors (Lipinski definition) is 4. The average Bonchev–Trinajstić information content (AvgIpc) is 2.93. The van der Waals surface area contributed by atoms with Crippen LogP contribution in [0.2, 0.25) is 0 Å². The maximum atomic E-state index is 13.4. The fourth-order valence-corrected chi connectivity index (χ4v) is 4.25. The molecule has 122 valence electrons. The summed E-state index contributed by atoms with van der Waals surface area (Å²) in [7, 11) is 3.39. The number of amides is 1. The topological polar surface area (TPSA) is 60.9 Å². The van der Waals surface area contributed by atoms with Crippen molar-refractivity contribution in [3.05, 3.63) is 71.3 Å². The lowest BCUT2D eigenvalue weighted by Crippen LogP contribution is -2.57. The number of rotatable bonds is 2. The number of aliphatic hydroxyl groups is 1. The Balaban J connectivity index is 2.09. The highest BCUT2D eigenvalue weighted by Gasteiger charge is 2.73. The van der Waals surface area contributed by atoms with Crippen LogP contribution in [0.25, 0.3) is 0 Å². The normalized spacial score (nSPS) is 28.4. The zero-order valence-electron chi connectivity index (χ0n) is 13.6. The van der Waals surface area contributed by atoms with Crippen LogP contribution in [0.1, 0.15) is 27.9 Å². The maximum absolute atomic E-state index is 13.4. The van der Waals surface area contributed by atoms with E-state index in [1.807, 2.05) is 18.2 Å². The molecule has 5 nitrogen and oxygen atoms in total. The van der Waals surface area contributed by atoms with Crippen molar-refractivity contribution >= 4 is 11.7 Å². The third-order valence-electron chi connectivity index (χ3n) is 5.16. The van der Waals surface area contributed by atoms with Gasteiger partial charge in [-0.3, -0.25) is 9.59 Å². The van der Waals surface area contributed by atoms with E-state index in [0.29, 0.717) is 16.7 Å². The number of fused-ring (bicyclic) bond motifs is 3. The third kappa shape index (κ3) is 1.51. The first-order valence-electron chi connectivity index (χ1n) is 7.87. The predicted octanol–water partition coefficient (Wildman–Crippen LogP) is 1.67. The molecule has 2 atom stereocenters. The first kappa shape index (κ1) is 15.1. The molecule has 2 aromatic rings. The lowest BCUT2D eigenvalue weighted by atomic mass is 9.71.